The topological polar surface area (TPSA) is 76.7 Å². The van der Waals surface area contributed by atoms with Crippen molar-refractivity contribution in [1.82, 2.24) is 25.0 Å². The first kappa shape index (κ1) is 12.7. The van der Waals surface area contributed by atoms with Gasteiger partial charge in [-0.2, -0.15) is 0 Å². The third-order valence-corrected chi connectivity index (χ3v) is 3.19. The Kier molecular flexibility index (Phi) is 3.39. The van der Waals surface area contributed by atoms with Crippen molar-refractivity contribution in [1.29, 1.82) is 0 Å². The van der Waals surface area contributed by atoms with Gasteiger partial charge in [-0.3, -0.25) is 9.97 Å². The minimum absolute atomic E-state index is 0.671. The molecule has 0 radical (unpaired) electrons. The smallest absolute Gasteiger partial charge is 0.124 e. The molecule has 1 aromatic carbocycles. The van der Waals surface area contributed by atoms with Gasteiger partial charge in [0.25, 0.3) is 0 Å². The molecule has 0 aliphatic rings. The summed E-state index contributed by atoms with van der Waals surface area (Å²) in [5, 5.41) is 18.5. The summed E-state index contributed by atoms with van der Waals surface area (Å²) in [7, 11) is 0. The number of para-hydroxylation sites is 1. The van der Waals surface area contributed by atoms with Gasteiger partial charge in [0.2, 0.25) is 0 Å². The number of rotatable bonds is 4. The molecule has 0 amide bonds. The summed E-state index contributed by atoms with van der Waals surface area (Å²) >= 11 is 0. The Morgan fingerprint density at radius 1 is 1.25 bits per heavy atom. The zero-order valence-electron chi connectivity index (χ0n) is 11.1. The first-order valence-corrected chi connectivity index (χ1v) is 6.57. The van der Waals surface area contributed by atoms with Crippen LogP contribution in [-0.2, 0) is 6.54 Å². The average Bonchev–Trinajstić information content (AvgIpc) is 2.94. The quantitative estimate of drug-likeness (QED) is 0.780. The SMILES string of the molecule is CCCn1nncc1C(O)c1cccc2nccnc12. The predicted molar refractivity (Wildman–Crippen MR) is 73.9 cm³/mol. The molecule has 3 rings (SSSR count). The summed E-state index contributed by atoms with van der Waals surface area (Å²) < 4.78 is 1.72. The van der Waals surface area contributed by atoms with Crippen molar-refractivity contribution in [2.24, 2.45) is 0 Å². The van der Waals surface area contributed by atoms with Crippen LogP contribution in [0.25, 0.3) is 11.0 Å². The second-order valence-electron chi connectivity index (χ2n) is 4.56. The summed E-state index contributed by atoms with van der Waals surface area (Å²) in [5.74, 6) is 0. The van der Waals surface area contributed by atoms with Gasteiger partial charge in [0.15, 0.2) is 0 Å². The Bertz CT molecular complexity index is 719. The number of aliphatic hydroxyl groups is 1. The summed E-state index contributed by atoms with van der Waals surface area (Å²) in [6.45, 7) is 2.78. The van der Waals surface area contributed by atoms with Crippen molar-refractivity contribution in [3.05, 3.63) is 48.0 Å². The number of fused-ring (bicyclic) bond motifs is 1. The van der Waals surface area contributed by atoms with Crippen LogP contribution in [0.2, 0.25) is 0 Å². The van der Waals surface area contributed by atoms with Crippen LogP contribution in [0.3, 0.4) is 0 Å². The van der Waals surface area contributed by atoms with E-state index >= 15 is 0 Å². The molecule has 102 valence electrons. The van der Waals surface area contributed by atoms with Crippen molar-refractivity contribution >= 4 is 11.0 Å². The molecule has 1 unspecified atom stereocenters. The van der Waals surface area contributed by atoms with Crippen LogP contribution in [0.4, 0.5) is 0 Å². The molecule has 0 aliphatic carbocycles. The van der Waals surface area contributed by atoms with Gasteiger partial charge in [-0.25, -0.2) is 4.68 Å². The Hall–Kier alpha value is -2.34. The van der Waals surface area contributed by atoms with Crippen LogP contribution >= 0.6 is 0 Å². The van der Waals surface area contributed by atoms with Crippen LogP contribution in [-0.4, -0.2) is 30.1 Å². The number of aliphatic hydroxyl groups excluding tert-OH is 1. The molecule has 0 saturated carbocycles. The van der Waals surface area contributed by atoms with E-state index in [2.05, 4.69) is 27.2 Å². The third kappa shape index (κ3) is 2.14. The fourth-order valence-corrected chi connectivity index (χ4v) is 2.26. The lowest BCUT2D eigenvalue weighted by molar-refractivity contribution is 0.208. The molecule has 6 nitrogen and oxygen atoms in total. The highest BCUT2D eigenvalue weighted by Crippen LogP contribution is 2.26. The van der Waals surface area contributed by atoms with Crippen molar-refractivity contribution in [2.45, 2.75) is 26.0 Å². The van der Waals surface area contributed by atoms with Gasteiger partial charge in [-0.1, -0.05) is 24.3 Å². The Labute approximate surface area is 116 Å². The molecule has 2 aromatic heterocycles. The number of benzene rings is 1. The van der Waals surface area contributed by atoms with Gasteiger partial charge in [0.1, 0.15) is 6.10 Å². The fraction of sp³-hybridized carbons (Fsp3) is 0.286. The molecule has 2 heterocycles. The van der Waals surface area contributed by atoms with E-state index < -0.39 is 6.10 Å². The summed E-state index contributed by atoms with van der Waals surface area (Å²) in [6.07, 6.45) is 4.98. The highest BCUT2D eigenvalue weighted by atomic mass is 16.3. The lowest BCUT2D eigenvalue weighted by Crippen LogP contribution is -2.10. The van der Waals surface area contributed by atoms with E-state index in [0.29, 0.717) is 11.2 Å². The molecular weight excluding hydrogens is 254 g/mol. The maximum atomic E-state index is 10.6. The standard InChI is InChI=1S/C14H15N5O/c1-2-8-19-12(9-17-18-19)14(20)10-4-3-5-11-13(10)16-7-6-15-11/h3-7,9,14,20H,2,8H2,1H3. The predicted octanol–water partition coefficient (Wildman–Crippen LogP) is 1.71. The molecule has 6 heteroatoms. The van der Waals surface area contributed by atoms with Crippen LogP contribution in [0.1, 0.15) is 30.7 Å². The Morgan fingerprint density at radius 2 is 2.10 bits per heavy atom. The van der Waals surface area contributed by atoms with E-state index in [1.54, 1.807) is 23.3 Å². The molecule has 1 atom stereocenters. The lowest BCUT2D eigenvalue weighted by atomic mass is 10.0. The number of hydrogen-bond donors (Lipinski definition) is 1. The first-order chi connectivity index (χ1) is 9.81. The second-order valence-corrected chi connectivity index (χ2v) is 4.56. The van der Waals surface area contributed by atoms with Gasteiger partial charge in [0.05, 0.1) is 22.9 Å². The highest BCUT2D eigenvalue weighted by Gasteiger charge is 2.19. The number of aryl methyl sites for hydroxylation is 1. The van der Waals surface area contributed by atoms with Crippen molar-refractivity contribution < 1.29 is 5.11 Å². The first-order valence-electron chi connectivity index (χ1n) is 6.57. The maximum Gasteiger partial charge on any atom is 0.124 e. The van der Waals surface area contributed by atoms with Gasteiger partial charge in [-0.15, -0.1) is 5.10 Å². The zero-order chi connectivity index (χ0) is 13.9. The molecule has 20 heavy (non-hydrogen) atoms. The van der Waals surface area contributed by atoms with E-state index in [1.807, 2.05) is 18.2 Å². The fourth-order valence-electron chi connectivity index (χ4n) is 2.26. The van der Waals surface area contributed by atoms with E-state index in [4.69, 9.17) is 0 Å². The molecule has 0 spiro atoms. The number of nitrogens with zero attached hydrogens (tertiary/aromatic N) is 5. The van der Waals surface area contributed by atoms with Crippen molar-refractivity contribution in [3.8, 4) is 0 Å². The summed E-state index contributed by atoms with van der Waals surface area (Å²) in [6, 6.07) is 5.59. The zero-order valence-corrected chi connectivity index (χ0v) is 11.1. The normalized spacial score (nSPS) is 12.7. The van der Waals surface area contributed by atoms with Gasteiger partial charge in [0, 0.05) is 24.5 Å². The van der Waals surface area contributed by atoms with E-state index in [0.717, 1.165) is 24.0 Å². The van der Waals surface area contributed by atoms with Crippen LogP contribution in [0.5, 0.6) is 0 Å². The lowest BCUT2D eigenvalue weighted by Gasteiger charge is -2.13. The molecule has 1 N–H and O–H groups in total. The maximum absolute atomic E-state index is 10.6. The van der Waals surface area contributed by atoms with Crippen molar-refractivity contribution in [2.75, 3.05) is 0 Å². The molecule has 0 bridgehead atoms. The minimum atomic E-state index is -0.808. The Balaban J connectivity index is 2.08. The summed E-state index contributed by atoms with van der Waals surface area (Å²) in [4.78, 5) is 8.57. The second kappa shape index (κ2) is 5.34. The highest BCUT2D eigenvalue weighted by molar-refractivity contribution is 5.78. The van der Waals surface area contributed by atoms with Crippen LogP contribution in [0, 0.1) is 0 Å². The van der Waals surface area contributed by atoms with Gasteiger partial charge in [-0.05, 0) is 12.5 Å². The summed E-state index contributed by atoms with van der Waals surface area (Å²) in [5.41, 5.74) is 2.85. The largest absolute Gasteiger partial charge is 0.382 e. The number of hydrogen-bond acceptors (Lipinski definition) is 5. The van der Waals surface area contributed by atoms with Crippen LogP contribution in [0.15, 0.2) is 36.8 Å². The van der Waals surface area contributed by atoms with E-state index in [-0.39, 0.29) is 0 Å². The third-order valence-electron chi connectivity index (χ3n) is 3.19. The molecule has 3 aromatic rings. The Morgan fingerprint density at radius 3 is 2.95 bits per heavy atom. The number of aromatic nitrogens is 5. The van der Waals surface area contributed by atoms with Gasteiger partial charge >= 0.3 is 0 Å². The molecule has 0 fully saturated rings. The van der Waals surface area contributed by atoms with Crippen LogP contribution < -0.4 is 0 Å². The van der Waals surface area contributed by atoms with Crippen molar-refractivity contribution in [3.63, 3.8) is 0 Å². The van der Waals surface area contributed by atoms with Gasteiger partial charge < -0.3 is 5.11 Å². The minimum Gasteiger partial charge on any atom is -0.382 e. The molecular formula is C14H15N5O. The monoisotopic (exact) mass is 269 g/mol. The average molecular weight is 269 g/mol. The molecule has 0 aliphatic heterocycles. The van der Waals surface area contributed by atoms with E-state index in [9.17, 15) is 5.11 Å². The molecule has 0 saturated heterocycles. The van der Waals surface area contributed by atoms with E-state index in [1.165, 1.54) is 0 Å².